The molecular formula is C28H23ClF3NO4S2. The summed E-state index contributed by atoms with van der Waals surface area (Å²) in [6.07, 6.45) is -3.76. The summed E-state index contributed by atoms with van der Waals surface area (Å²) in [5, 5.41) is 0.280. The fraction of sp³-hybridized carbons (Fsp3) is 0.143. The van der Waals surface area contributed by atoms with Crippen molar-refractivity contribution in [2.24, 2.45) is 0 Å². The van der Waals surface area contributed by atoms with Gasteiger partial charge in [-0.15, -0.1) is 0 Å². The first-order valence-corrected chi connectivity index (χ1v) is 15.3. The van der Waals surface area contributed by atoms with Gasteiger partial charge in [-0.1, -0.05) is 78.3 Å². The van der Waals surface area contributed by atoms with E-state index >= 15 is 0 Å². The lowest BCUT2D eigenvalue weighted by atomic mass is 10.0. The van der Waals surface area contributed by atoms with Crippen LogP contribution >= 0.6 is 11.6 Å². The third-order valence-corrected chi connectivity index (χ3v) is 9.35. The van der Waals surface area contributed by atoms with Crippen molar-refractivity contribution in [1.29, 1.82) is 0 Å². The van der Waals surface area contributed by atoms with E-state index in [0.717, 1.165) is 28.8 Å². The van der Waals surface area contributed by atoms with Crippen molar-refractivity contribution in [3.05, 3.63) is 119 Å². The second kappa shape index (κ2) is 11.1. The van der Waals surface area contributed by atoms with E-state index in [-0.39, 0.29) is 23.0 Å². The van der Waals surface area contributed by atoms with Gasteiger partial charge in [0.1, 0.15) is 0 Å². The molecule has 0 aliphatic rings. The molecule has 0 aliphatic carbocycles. The van der Waals surface area contributed by atoms with E-state index in [0.29, 0.717) is 22.3 Å². The Balaban J connectivity index is 1.72. The molecule has 4 aromatic rings. The molecule has 0 radical (unpaired) electrons. The average molecular weight is 594 g/mol. The Morgan fingerprint density at radius 2 is 1.38 bits per heavy atom. The normalized spacial score (nSPS) is 12.6. The van der Waals surface area contributed by atoms with Crippen molar-refractivity contribution in [2.45, 2.75) is 29.1 Å². The molecule has 4 rings (SSSR count). The van der Waals surface area contributed by atoms with Crippen LogP contribution in [-0.2, 0) is 39.1 Å². The van der Waals surface area contributed by atoms with Crippen molar-refractivity contribution in [2.75, 3.05) is 6.26 Å². The molecule has 4 aromatic carbocycles. The molecule has 0 aromatic heterocycles. The first kappa shape index (κ1) is 28.8. The first-order chi connectivity index (χ1) is 18.3. The van der Waals surface area contributed by atoms with Crippen LogP contribution in [0.1, 0.15) is 16.7 Å². The fourth-order valence-corrected chi connectivity index (χ4v) is 6.50. The zero-order valence-electron chi connectivity index (χ0n) is 20.6. The van der Waals surface area contributed by atoms with E-state index in [1.54, 1.807) is 60.7 Å². The molecule has 39 heavy (non-hydrogen) atoms. The summed E-state index contributed by atoms with van der Waals surface area (Å²) in [5.41, 5.74) is 1.02. The van der Waals surface area contributed by atoms with Crippen LogP contribution in [0.4, 0.5) is 13.2 Å². The van der Waals surface area contributed by atoms with Crippen LogP contribution in [0.3, 0.4) is 0 Å². The Bertz CT molecular complexity index is 1710. The number of rotatable bonds is 8. The van der Waals surface area contributed by atoms with Crippen molar-refractivity contribution in [3.8, 4) is 11.1 Å². The molecule has 204 valence electrons. The van der Waals surface area contributed by atoms with Gasteiger partial charge in [-0.2, -0.15) is 17.5 Å². The lowest BCUT2D eigenvalue weighted by Gasteiger charge is -2.25. The second-order valence-electron chi connectivity index (χ2n) is 8.86. The van der Waals surface area contributed by atoms with Crippen LogP contribution in [0, 0.1) is 0 Å². The minimum atomic E-state index is -4.87. The third kappa shape index (κ3) is 6.70. The molecular weight excluding hydrogens is 571 g/mol. The summed E-state index contributed by atoms with van der Waals surface area (Å²) < 4.78 is 93.3. The quantitative estimate of drug-likeness (QED) is 0.225. The number of sulfone groups is 1. The molecule has 0 saturated heterocycles. The van der Waals surface area contributed by atoms with Gasteiger partial charge in [-0.25, -0.2) is 16.8 Å². The first-order valence-electron chi connectivity index (χ1n) is 11.6. The lowest BCUT2D eigenvalue weighted by Crippen LogP contribution is -2.32. The van der Waals surface area contributed by atoms with E-state index < -0.39 is 36.5 Å². The maximum atomic E-state index is 13.7. The highest BCUT2D eigenvalue weighted by Gasteiger charge is 2.39. The van der Waals surface area contributed by atoms with Crippen LogP contribution < -0.4 is 0 Å². The molecule has 0 heterocycles. The van der Waals surface area contributed by atoms with Crippen LogP contribution in [-0.4, -0.2) is 27.4 Å². The number of hydrogen-bond donors (Lipinski definition) is 0. The number of halogens is 4. The van der Waals surface area contributed by atoms with Crippen LogP contribution in [0.2, 0.25) is 5.02 Å². The molecule has 0 bridgehead atoms. The minimum absolute atomic E-state index is 0.157. The monoisotopic (exact) mass is 593 g/mol. The summed E-state index contributed by atoms with van der Waals surface area (Å²) in [6.45, 7) is -0.490. The number of sulfonamides is 1. The van der Waals surface area contributed by atoms with Crippen LogP contribution in [0.5, 0.6) is 0 Å². The van der Waals surface area contributed by atoms with Gasteiger partial charge in [-0.05, 0) is 52.6 Å². The Morgan fingerprint density at radius 3 is 2.03 bits per heavy atom. The van der Waals surface area contributed by atoms with Crippen LogP contribution in [0.15, 0.2) is 107 Å². The summed E-state index contributed by atoms with van der Waals surface area (Å²) >= 11 is 6.26. The number of hydrogen-bond acceptors (Lipinski definition) is 4. The molecule has 0 amide bonds. The minimum Gasteiger partial charge on any atom is -0.224 e. The summed E-state index contributed by atoms with van der Waals surface area (Å²) in [4.78, 5) is -0.692. The van der Waals surface area contributed by atoms with Gasteiger partial charge in [0, 0.05) is 24.4 Å². The van der Waals surface area contributed by atoms with Gasteiger partial charge in [0.2, 0.25) is 10.0 Å². The van der Waals surface area contributed by atoms with Crippen molar-refractivity contribution < 1.29 is 30.0 Å². The molecule has 11 heteroatoms. The zero-order chi connectivity index (χ0) is 28.4. The smallest absolute Gasteiger partial charge is 0.224 e. The summed E-state index contributed by atoms with van der Waals surface area (Å²) in [5.74, 6) is 0. The number of nitrogens with zero attached hydrogens (tertiary/aromatic N) is 1. The van der Waals surface area contributed by atoms with Gasteiger partial charge in [-0.3, -0.25) is 0 Å². The molecule has 0 N–H and O–H groups in total. The van der Waals surface area contributed by atoms with Gasteiger partial charge in [0.15, 0.2) is 9.84 Å². The van der Waals surface area contributed by atoms with E-state index in [9.17, 15) is 30.0 Å². The maximum Gasteiger partial charge on any atom is 0.417 e. The van der Waals surface area contributed by atoms with Gasteiger partial charge >= 0.3 is 6.18 Å². The Hall–Kier alpha value is -3.18. The largest absolute Gasteiger partial charge is 0.417 e. The zero-order valence-corrected chi connectivity index (χ0v) is 22.9. The Kier molecular flexibility index (Phi) is 8.22. The highest BCUT2D eigenvalue weighted by molar-refractivity contribution is 7.90. The lowest BCUT2D eigenvalue weighted by molar-refractivity contribution is -0.139. The Morgan fingerprint density at radius 1 is 0.744 bits per heavy atom. The molecule has 0 unspecified atom stereocenters. The number of alkyl halides is 3. The second-order valence-corrected chi connectivity index (χ2v) is 13.2. The molecule has 0 spiro atoms. The van der Waals surface area contributed by atoms with Crippen LogP contribution in [0.25, 0.3) is 11.1 Å². The van der Waals surface area contributed by atoms with Gasteiger partial charge in [0.05, 0.1) is 15.4 Å². The summed E-state index contributed by atoms with van der Waals surface area (Å²) in [6, 6.07) is 23.6. The molecule has 5 nitrogen and oxygen atoms in total. The molecule has 0 saturated carbocycles. The highest BCUT2D eigenvalue weighted by Crippen LogP contribution is 2.36. The molecule has 0 atom stereocenters. The SMILES string of the molecule is CS(=O)(=O)c1cccc(-c2ccc(CN(Cc3ccccc3Cl)S(=O)(=O)c3ccccc3C(F)(F)F)cc2)c1. The Labute approximate surface area is 230 Å². The van der Waals surface area contributed by atoms with E-state index in [2.05, 4.69) is 0 Å². The number of benzene rings is 4. The van der Waals surface area contributed by atoms with E-state index in [4.69, 9.17) is 11.6 Å². The maximum absolute atomic E-state index is 13.7. The average Bonchev–Trinajstić information content (AvgIpc) is 2.89. The van der Waals surface area contributed by atoms with E-state index in [1.165, 1.54) is 18.2 Å². The summed E-state index contributed by atoms with van der Waals surface area (Å²) in [7, 11) is -8.04. The predicted octanol–water partition coefficient (Wildman–Crippen LogP) is 6.82. The fourth-order valence-electron chi connectivity index (χ4n) is 4.02. The molecule has 0 fully saturated rings. The van der Waals surface area contributed by atoms with E-state index in [1.807, 2.05) is 0 Å². The van der Waals surface area contributed by atoms with Gasteiger partial charge < -0.3 is 0 Å². The predicted molar refractivity (Wildman–Crippen MR) is 144 cm³/mol. The third-order valence-electron chi connectivity index (χ3n) is 6.02. The topological polar surface area (TPSA) is 71.5 Å². The van der Waals surface area contributed by atoms with Crippen molar-refractivity contribution >= 4 is 31.5 Å². The molecule has 0 aliphatic heterocycles. The highest BCUT2D eigenvalue weighted by atomic mass is 35.5. The van der Waals surface area contributed by atoms with Gasteiger partial charge in [0.25, 0.3) is 0 Å². The van der Waals surface area contributed by atoms with Crippen molar-refractivity contribution in [1.82, 2.24) is 4.31 Å². The van der Waals surface area contributed by atoms with Crippen molar-refractivity contribution in [3.63, 3.8) is 0 Å². The standard InChI is InChI=1S/C28H23ClF3NO4S2/c1-38(34,35)24-9-6-8-22(17-24)21-15-13-20(14-16-21)18-33(19-23-7-2-4-11-26(23)29)39(36,37)27-12-5-3-10-25(27)28(30,31)32/h2-17H,18-19H2,1H3.